The highest BCUT2D eigenvalue weighted by molar-refractivity contribution is 5.97. The second-order valence-corrected chi connectivity index (χ2v) is 14.0. The lowest BCUT2D eigenvalue weighted by atomic mass is 9.95. The van der Waals surface area contributed by atoms with Crippen molar-refractivity contribution in [3.63, 3.8) is 0 Å². The van der Waals surface area contributed by atoms with Gasteiger partial charge in [-0.25, -0.2) is 0 Å². The van der Waals surface area contributed by atoms with E-state index in [0.717, 1.165) is 12.6 Å². The van der Waals surface area contributed by atoms with Gasteiger partial charge in [0.1, 0.15) is 36.1 Å². The van der Waals surface area contributed by atoms with E-state index in [-0.39, 0.29) is 33.7 Å². The Bertz CT molecular complexity index is 1690. The van der Waals surface area contributed by atoms with Gasteiger partial charge in [0.2, 0.25) is 23.6 Å². The van der Waals surface area contributed by atoms with Crippen LogP contribution in [-0.4, -0.2) is 164 Å². The first-order chi connectivity index (χ1) is 25.8. The summed E-state index contributed by atoms with van der Waals surface area (Å²) >= 11 is 0. The minimum Gasteiger partial charge on any atom is -0.507 e. The molecule has 1 heterocycles. The summed E-state index contributed by atoms with van der Waals surface area (Å²) in [4.78, 5) is 64.4. The number of aliphatic hydroxyl groups is 6. The van der Waals surface area contributed by atoms with Crippen LogP contribution < -0.4 is 31.1 Å². The van der Waals surface area contributed by atoms with Gasteiger partial charge in [-0.05, 0) is 25.1 Å². The zero-order valence-electron chi connectivity index (χ0n) is 30.5. The van der Waals surface area contributed by atoms with E-state index in [9.17, 15) is 69.9 Å². The zero-order chi connectivity index (χ0) is 41.2. The number of aliphatic hydroxyl groups excluding tert-OH is 6. The number of hydrogen-bond acceptors (Lipinski definition) is 14. The van der Waals surface area contributed by atoms with E-state index >= 15 is 0 Å². The molecule has 20 heteroatoms. The van der Waals surface area contributed by atoms with Crippen molar-refractivity contribution in [2.24, 2.45) is 0 Å². The molecular formula is C35H51N6O14+. The Morgan fingerprint density at radius 1 is 0.782 bits per heavy atom. The van der Waals surface area contributed by atoms with Crippen LogP contribution in [0.15, 0.2) is 36.4 Å². The van der Waals surface area contributed by atoms with Crippen LogP contribution in [0.1, 0.15) is 35.7 Å². The largest absolute Gasteiger partial charge is 0.507 e. The number of aromatic hydroxyl groups is 3. The van der Waals surface area contributed by atoms with E-state index in [1.54, 1.807) is 0 Å². The monoisotopic (exact) mass is 779 g/mol. The number of likely N-dealkylation sites (N-methyl/N-ethyl adjacent to an activating group) is 1. The predicted molar refractivity (Wildman–Crippen MR) is 193 cm³/mol. The lowest BCUT2D eigenvalue weighted by Gasteiger charge is -2.39. The normalized spacial score (nSPS) is 18.5. The number of hydrogen-bond donors (Lipinski definition) is 14. The topological polar surface area (TPSA) is 328 Å². The molecule has 0 saturated carbocycles. The van der Waals surface area contributed by atoms with E-state index in [2.05, 4.69) is 26.6 Å². The number of phenols is 3. The molecule has 0 spiro atoms. The molecule has 0 fully saturated rings. The second-order valence-electron chi connectivity index (χ2n) is 14.0. The highest BCUT2D eigenvalue weighted by atomic mass is 16.3. The van der Waals surface area contributed by atoms with Crippen molar-refractivity contribution in [1.82, 2.24) is 31.1 Å². The highest BCUT2D eigenvalue weighted by Gasteiger charge is 2.37. The number of fused-ring (bicyclic) bond motifs is 1. The van der Waals surface area contributed by atoms with Crippen molar-refractivity contribution in [2.75, 3.05) is 40.5 Å². The Morgan fingerprint density at radius 3 is 1.98 bits per heavy atom. The number of phenolic OH excluding ortho intramolecular Hbond substituents is 3. The van der Waals surface area contributed by atoms with Crippen molar-refractivity contribution in [3.05, 3.63) is 47.5 Å². The Kier molecular flexibility index (Phi) is 15.7. The van der Waals surface area contributed by atoms with Gasteiger partial charge < -0.3 is 72.5 Å². The van der Waals surface area contributed by atoms with Gasteiger partial charge in [-0.2, -0.15) is 0 Å². The van der Waals surface area contributed by atoms with E-state index < -0.39 is 111 Å². The van der Waals surface area contributed by atoms with Crippen molar-refractivity contribution < 1.29 is 69.9 Å². The highest BCUT2D eigenvalue weighted by Crippen LogP contribution is 2.38. The fourth-order valence-corrected chi connectivity index (χ4v) is 6.19. The van der Waals surface area contributed by atoms with Crippen LogP contribution in [0.2, 0.25) is 0 Å². The maximum atomic E-state index is 13.1. The predicted octanol–water partition coefficient (Wildman–Crippen LogP) is -4.48. The van der Waals surface area contributed by atoms with Crippen molar-refractivity contribution in [2.45, 2.75) is 74.7 Å². The molecule has 14 N–H and O–H groups in total. The first kappa shape index (κ1) is 44.3. The fraction of sp³-hybridized carbons (Fsp3) is 0.514. The van der Waals surface area contributed by atoms with E-state index in [0.29, 0.717) is 12.1 Å². The number of quaternary nitrogens is 1. The van der Waals surface area contributed by atoms with Crippen molar-refractivity contribution in [3.8, 4) is 17.2 Å². The molecular weight excluding hydrogens is 728 g/mol. The third-order valence-corrected chi connectivity index (χ3v) is 9.09. The minimum atomic E-state index is -1.72. The molecule has 0 aromatic heterocycles. The number of carbonyl (C=O) groups excluding carboxylic acids is 5. The summed E-state index contributed by atoms with van der Waals surface area (Å²) in [5, 5.41) is 102. The van der Waals surface area contributed by atoms with Gasteiger partial charge in [0, 0.05) is 24.5 Å². The van der Waals surface area contributed by atoms with Gasteiger partial charge in [-0.3, -0.25) is 28.5 Å². The van der Waals surface area contributed by atoms with Crippen LogP contribution in [0.4, 0.5) is 5.69 Å². The maximum absolute atomic E-state index is 13.1. The molecule has 3 rings (SSSR count). The molecule has 0 bridgehead atoms. The quantitative estimate of drug-likeness (QED) is 0.0502. The average Bonchev–Trinajstić information content (AvgIpc) is 3.10. The molecule has 1 aliphatic heterocycles. The smallest absolute Gasteiger partial charge is 0.255 e. The lowest BCUT2D eigenvalue weighted by molar-refractivity contribution is -0.136. The van der Waals surface area contributed by atoms with Crippen LogP contribution in [0.5, 0.6) is 17.2 Å². The Labute approximate surface area is 316 Å². The molecule has 2 aromatic rings. The zero-order valence-corrected chi connectivity index (χ0v) is 30.5. The SMILES string of the molecule is C[C@@H](O)[C@H](NC(=O)CC(O)CC(O)C(CO)NC(=O)c1ccccc1O)C(=O)N[C@H](CO)C(=O)N[C@@H](CO)C(=O)NC1Cc2cc(O)c(O)cc2[N+](C)(C)C1. The first-order valence-corrected chi connectivity index (χ1v) is 17.4. The molecule has 2 aromatic carbocycles. The molecule has 8 atom stereocenters. The van der Waals surface area contributed by atoms with Crippen LogP contribution in [-0.2, 0) is 25.6 Å². The Hall–Kier alpha value is -5.09. The number of amides is 5. The van der Waals surface area contributed by atoms with E-state index in [1.807, 2.05) is 14.1 Å². The molecule has 1 aliphatic rings. The van der Waals surface area contributed by atoms with Crippen LogP contribution in [0.3, 0.4) is 0 Å². The van der Waals surface area contributed by atoms with Gasteiger partial charge in [-0.15, -0.1) is 0 Å². The van der Waals surface area contributed by atoms with E-state index in [1.165, 1.54) is 36.4 Å². The summed E-state index contributed by atoms with van der Waals surface area (Å²) in [7, 11) is 3.64. The second kappa shape index (κ2) is 19.5. The Morgan fingerprint density at radius 2 is 1.38 bits per heavy atom. The van der Waals surface area contributed by atoms with Gasteiger partial charge in [0.05, 0.1) is 76.3 Å². The van der Waals surface area contributed by atoms with Gasteiger partial charge in [-0.1, -0.05) is 12.1 Å². The molecule has 4 unspecified atom stereocenters. The average molecular weight is 780 g/mol. The maximum Gasteiger partial charge on any atom is 0.255 e. The summed E-state index contributed by atoms with van der Waals surface area (Å²) in [6, 6.07) is 1.56. The number of nitrogens with one attached hydrogen (secondary N) is 5. The molecule has 55 heavy (non-hydrogen) atoms. The fourth-order valence-electron chi connectivity index (χ4n) is 6.19. The summed E-state index contributed by atoms with van der Waals surface area (Å²) in [6.07, 6.45) is -5.70. The molecule has 5 amide bonds. The number of carbonyl (C=O) groups is 5. The molecule has 0 aliphatic carbocycles. The van der Waals surface area contributed by atoms with Crippen LogP contribution in [0.25, 0.3) is 0 Å². The number of rotatable bonds is 18. The lowest BCUT2D eigenvalue weighted by Crippen LogP contribution is -2.62. The number of benzene rings is 2. The van der Waals surface area contributed by atoms with Crippen molar-refractivity contribution >= 4 is 35.2 Å². The molecule has 304 valence electrons. The van der Waals surface area contributed by atoms with Crippen LogP contribution in [0, 0.1) is 0 Å². The summed E-state index contributed by atoms with van der Waals surface area (Å²) in [6.45, 7) is -1.15. The minimum absolute atomic E-state index is 0.132. The summed E-state index contributed by atoms with van der Waals surface area (Å²) in [5.41, 5.74) is 1.24. The summed E-state index contributed by atoms with van der Waals surface area (Å²) < 4.78 is 0.219. The van der Waals surface area contributed by atoms with Gasteiger partial charge >= 0.3 is 0 Å². The molecule has 20 nitrogen and oxygen atoms in total. The standard InChI is InChI=1S/C35H50N6O14/c1-17(45)31(40-30(51)11-20(46)10-27(48)22(14-42)37-32(52)21-6-4-5-7-26(21)47)35(55)39-24(16-44)34(54)38-23(15-43)33(53)36-19-8-18-9-28(49)29(50)12-25(18)41(2,3)13-19/h4-7,9,12,17,19-20,22-24,27,31,42-46,48H,8,10-11,13-16H2,1-3H3,(H7-,36,37,38,39,40,47,49,50,51,52,53,54,55)/p+1/t17-,19?,20?,22?,23+,24-,27?,31+/m1/s1. The van der Waals surface area contributed by atoms with Crippen LogP contribution >= 0.6 is 0 Å². The molecule has 0 radical (unpaired) electrons. The van der Waals surface area contributed by atoms with E-state index in [4.69, 9.17) is 0 Å². The summed E-state index contributed by atoms with van der Waals surface area (Å²) in [5.74, 6) is -5.81. The third kappa shape index (κ3) is 11.9. The van der Waals surface area contributed by atoms with Gasteiger partial charge in [0.25, 0.3) is 5.91 Å². The number of para-hydroxylation sites is 1. The third-order valence-electron chi connectivity index (χ3n) is 9.09. The van der Waals surface area contributed by atoms with Gasteiger partial charge in [0.15, 0.2) is 11.5 Å². The Balaban J connectivity index is 1.55. The molecule has 0 saturated heterocycles. The number of nitrogens with zero attached hydrogens (tertiary/aromatic N) is 1. The first-order valence-electron chi connectivity index (χ1n) is 17.4. The van der Waals surface area contributed by atoms with Crippen molar-refractivity contribution in [1.29, 1.82) is 0 Å².